The molecule has 4 heteroatoms. The molecule has 0 saturated carbocycles. The summed E-state index contributed by atoms with van der Waals surface area (Å²) in [7, 11) is 1.69. The van der Waals surface area contributed by atoms with E-state index in [1.807, 2.05) is 30.5 Å². The standard InChI is InChI=1S/C17H23N3O/c1-21-17-8-4-7-16(14-17)20(12-5-10-18)13-9-15-6-2-3-11-19-15/h2-4,6-8,11,14H,5,9-10,12-13,18H2,1H3. The zero-order valence-electron chi connectivity index (χ0n) is 12.5. The van der Waals surface area contributed by atoms with Crippen molar-refractivity contribution in [3.63, 3.8) is 0 Å². The smallest absolute Gasteiger partial charge is 0.120 e. The molecule has 4 nitrogen and oxygen atoms in total. The number of ether oxygens (including phenoxy) is 1. The van der Waals surface area contributed by atoms with Gasteiger partial charge in [0.15, 0.2) is 0 Å². The van der Waals surface area contributed by atoms with Crippen molar-refractivity contribution in [1.82, 2.24) is 4.98 Å². The normalized spacial score (nSPS) is 10.4. The van der Waals surface area contributed by atoms with E-state index in [9.17, 15) is 0 Å². The number of hydrogen-bond donors (Lipinski definition) is 1. The SMILES string of the molecule is COc1cccc(N(CCCN)CCc2ccccn2)c1. The number of anilines is 1. The first-order chi connectivity index (χ1) is 10.3. The Morgan fingerprint density at radius 2 is 2.05 bits per heavy atom. The first kappa shape index (κ1) is 15.3. The molecule has 0 amide bonds. The van der Waals surface area contributed by atoms with Crippen LogP contribution in [0.4, 0.5) is 5.69 Å². The van der Waals surface area contributed by atoms with Crippen LogP contribution in [0.5, 0.6) is 5.75 Å². The lowest BCUT2D eigenvalue weighted by molar-refractivity contribution is 0.414. The molecule has 112 valence electrons. The number of benzene rings is 1. The summed E-state index contributed by atoms with van der Waals surface area (Å²) in [6, 6.07) is 14.2. The highest BCUT2D eigenvalue weighted by atomic mass is 16.5. The molecular formula is C17H23N3O. The van der Waals surface area contributed by atoms with E-state index in [-0.39, 0.29) is 0 Å². The van der Waals surface area contributed by atoms with Gasteiger partial charge in [-0.25, -0.2) is 0 Å². The fourth-order valence-electron chi connectivity index (χ4n) is 2.25. The van der Waals surface area contributed by atoms with Crippen molar-refractivity contribution in [2.75, 3.05) is 31.6 Å². The molecule has 21 heavy (non-hydrogen) atoms. The molecule has 0 bridgehead atoms. The Morgan fingerprint density at radius 1 is 1.14 bits per heavy atom. The zero-order chi connectivity index (χ0) is 14.9. The van der Waals surface area contributed by atoms with E-state index in [0.717, 1.165) is 37.4 Å². The van der Waals surface area contributed by atoms with Crippen LogP contribution in [0.1, 0.15) is 12.1 Å². The van der Waals surface area contributed by atoms with Gasteiger partial charge in [-0.1, -0.05) is 12.1 Å². The van der Waals surface area contributed by atoms with E-state index in [1.54, 1.807) is 7.11 Å². The third-order valence-electron chi connectivity index (χ3n) is 3.41. The van der Waals surface area contributed by atoms with Crippen LogP contribution in [0.25, 0.3) is 0 Å². The van der Waals surface area contributed by atoms with Gasteiger partial charge < -0.3 is 15.4 Å². The topological polar surface area (TPSA) is 51.4 Å². The quantitative estimate of drug-likeness (QED) is 0.809. The van der Waals surface area contributed by atoms with E-state index in [0.29, 0.717) is 6.54 Å². The lowest BCUT2D eigenvalue weighted by atomic mass is 10.2. The maximum Gasteiger partial charge on any atom is 0.120 e. The van der Waals surface area contributed by atoms with E-state index in [1.165, 1.54) is 5.69 Å². The summed E-state index contributed by atoms with van der Waals surface area (Å²) >= 11 is 0. The number of hydrogen-bond acceptors (Lipinski definition) is 4. The Bertz CT molecular complexity index is 531. The minimum Gasteiger partial charge on any atom is -0.497 e. The maximum atomic E-state index is 5.65. The van der Waals surface area contributed by atoms with E-state index < -0.39 is 0 Å². The van der Waals surface area contributed by atoms with Crippen LogP contribution < -0.4 is 15.4 Å². The van der Waals surface area contributed by atoms with Gasteiger partial charge in [-0.2, -0.15) is 0 Å². The van der Waals surface area contributed by atoms with Crippen molar-refractivity contribution in [3.05, 3.63) is 54.4 Å². The molecule has 1 aromatic heterocycles. The minimum atomic E-state index is 0.698. The molecule has 0 aliphatic rings. The first-order valence-corrected chi connectivity index (χ1v) is 7.32. The van der Waals surface area contributed by atoms with Crippen molar-refractivity contribution in [3.8, 4) is 5.75 Å². The lowest BCUT2D eigenvalue weighted by Gasteiger charge is -2.25. The van der Waals surface area contributed by atoms with Crippen LogP contribution >= 0.6 is 0 Å². The van der Waals surface area contributed by atoms with Crippen molar-refractivity contribution < 1.29 is 4.74 Å². The van der Waals surface area contributed by atoms with Crippen LogP contribution in [0.3, 0.4) is 0 Å². The van der Waals surface area contributed by atoms with Crippen LogP contribution in [0, 0.1) is 0 Å². The van der Waals surface area contributed by atoms with Gasteiger partial charge >= 0.3 is 0 Å². The number of nitrogens with two attached hydrogens (primary N) is 1. The average molecular weight is 285 g/mol. The first-order valence-electron chi connectivity index (χ1n) is 7.32. The minimum absolute atomic E-state index is 0.698. The molecule has 0 radical (unpaired) electrons. The molecule has 2 N–H and O–H groups in total. The van der Waals surface area contributed by atoms with Crippen molar-refractivity contribution in [2.45, 2.75) is 12.8 Å². The summed E-state index contributed by atoms with van der Waals surface area (Å²) in [5.74, 6) is 0.878. The molecule has 0 saturated heterocycles. The van der Waals surface area contributed by atoms with Crippen molar-refractivity contribution in [1.29, 1.82) is 0 Å². The maximum absolute atomic E-state index is 5.65. The molecule has 1 heterocycles. The van der Waals surface area contributed by atoms with Crippen LogP contribution in [0.2, 0.25) is 0 Å². The van der Waals surface area contributed by atoms with Gasteiger partial charge in [0.2, 0.25) is 0 Å². The zero-order valence-corrected chi connectivity index (χ0v) is 12.5. The van der Waals surface area contributed by atoms with Gasteiger partial charge in [-0.3, -0.25) is 4.98 Å². The highest BCUT2D eigenvalue weighted by molar-refractivity contribution is 5.50. The molecule has 0 fully saturated rings. The Balaban J connectivity index is 2.06. The number of methoxy groups -OCH3 is 1. The summed E-state index contributed by atoms with van der Waals surface area (Å²) in [6.45, 7) is 2.56. The fourth-order valence-corrected chi connectivity index (χ4v) is 2.25. The monoisotopic (exact) mass is 285 g/mol. The average Bonchev–Trinajstić information content (AvgIpc) is 2.56. The van der Waals surface area contributed by atoms with Gasteiger partial charge in [0.25, 0.3) is 0 Å². The molecular weight excluding hydrogens is 262 g/mol. The van der Waals surface area contributed by atoms with Crippen LogP contribution in [-0.4, -0.2) is 31.7 Å². The molecule has 2 aromatic rings. The molecule has 0 atom stereocenters. The predicted molar refractivity (Wildman–Crippen MR) is 86.8 cm³/mol. The molecule has 0 spiro atoms. The lowest BCUT2D eigenvalue weighted by Crippen LogP contribution is -2.28. The van der Waals surface area contributed by atoms with E-state index in [2.05, 4.69) is 28.1 Å². The third-order valence-corrected chi connectivity index (χ3v) is 3.41. The number of rotatable bonds is 8. The number of pyridine rings is 1. The molecule has 0 aliphatic heterocycles. The molecule has 0 aliphatic carbocycles. The summed E-state index contributed by atoms with van der Waals surface area (Å²) in [5.41, 5.74) is 7.93. The van der Waals surface area contributed by atoms with Gasteiger partial charge in [0.1, 0.15) is 5.75 Å². The second-order valence-electron chi connectivity index (χ2n) is 4.90. The summed E-state index contributed by atoms with van der Waals surface area (Å²) in [5, 5.41) is 0. The third kappa shape index (κ3) is 4.76. The van der Waals surface area contributed by atoms with Gasteiger partial charge in [-0.15, -0.1) is 0 Å². The second-order valence-corrected chi connectivity index (χ2v) is 4.90. The molecule has 1 aromatic carbocycles. The molecule has 0 unspecified atom stereocenters. The Kier molecular flexibility index (Phi) is 6.03. The Morgan fingerprint density at radius 3 is 2.76 bits per heavy atom. The van der Waals surface area contributed by atoms with E-state index >= 15 is 0 Å². The van der Waals surface area contributed by atoms with Gasteiger partial charge in [0, 0.05) is 43.2 Å². The predicted octanol–water partition coefficient (Wildman–Crippen LogP) is 2.49. The van der Waals surface area contributed by atoms with Crippen LogP contribution in [-0.2, 0) is 6.42 Å². The van der Waals surface area contributed by atoms with Gasteiger partial charge in [0.05, 0.1) is 7.11 Å². The Hall–Kier alpha value is -2.07. The summed E-state index contributed by atoms with van der Waals surface area (Å²) in [6.07, 6.45) is 3.73. The largest absolute Gasteiger partial charge is 0.497 e. The Labute approximate surface area is 126 Å². The van der Waals surface area contributed by atoms with Gasteiger partial charge in [-0.05, 0) is 37.2 Å². The second kappa shape index (κ2) is 8.27. The van der Waals surface area contributed by atoms with E-state index in [4.69, 9.17) is 10.5 Å². The van der Waals surface area contributed by atoms with Crippen molar-refractivity contribution >= 4 is 5.69 Å². The summed E-state index contributed by atoms with van der Waals surface area (Å²) < 4.78 is 5.31. The highest BCUT2D eigenvalue weighted by Gasteiger charge is 2.08. The van der Waals surface area contributed by atoms with Crippen LogP contribution in [0.15, 0.2) is 48.7 Å². The van der Waals surface area contributed by atoms with Crippen molar-refractivity contribution in [2.24, 2.45) is 5.73 Å². The number of nitrogens with zero attached hydrogens (tertiary/aromatic N) is 2. The highest BCUT2D eigenvalue weighted by Crippen LogP contribution is 2.21. The number of aromatic nitrogens is 1. The fraction of sp³-hybridized carbons (Fsp3) is 0.353. The summed E-state index contributed by atoms with van der Waals surface area (Å²) in [4.78, 5) is 6.72. The molecule has 2 rings (SSSR count).